The monoisotopic (exact) mass is 440 g/mol. The zero-order chi connectivity index (χ0) is 20.1. The van der Waals surface area contributed by atoms with E-state index < -0.39 is 17.2 Å². The lowest BCUT2D eigenvalue weighted by molar-refractivity contribution is -0.131. The smallest absolute Gasteiger partial charge is 0.336 e. The van der Waals surface area contributed by atoms with Crippen molar-refractivity contribution >= 4 is 38.8 Å². The number of urea groups is 1. The van der Waals surface area contributed by atoms with Crippen LogP contribution in [0.4, 0.5) is 4.79 Å². The number of benzene rings is 2. The minimum absolute atomic E-state index is 0.0145. The van der Waals surface area contributed by atoms with E-state index in [4.69, 9.17) is 4.42 Å². The van der Waals surface area contributed by atoms with Gasteiger partial charge in [-0.3, -0.25) is 9.69 Å². The molecule has 0 bridgehead atoms. The molecule has 1 fully saturated rings. The maximum atomic E-state index is 13.2. The van der Waals surface area contributed by atoms with Crippen LogP contribution >= 0.6 is 15.9 Å². The number of carbonyl (C=O) groups is 2. The van der Waals surface area contributed by atoms with Gasteiger partial charge in [0.25, 0.3) is 5.91 Å². The van der Waals surface area contributed by atoms with Gasteiger partial charge in [-0.2, -0.15) is 0 Å². The number of nitrogens with one attached hydrogen (secondary N) is 1. The summed E-state index contributed by atoms with van der Waals surface area (Å²) in [5.41, 5.74) is 0.931. The molecule has 4 rings (SSSR count). The summed E-state index contributed by atoms with van der Waals surface area (Å²) in [5.74, 6) is -0.371. The Kier molecular flexibility index (Phi) is 4.34. The van der Waals surface area contributed by atoms with Crippen molar-refractivity contribution in [2.75, 3.05) is 0 Å². The molecule has 0 aliphatic carbocycles. The minimum atomic E-state index is -1.17. The lowest BCUT2D eigenvalue weighted by Gasteiger charge is -2.22. The highest BCUT2D eigenvalue weighted by molar-refractivity contribution is 9.10. The summed E-state index contributed by atoms with van der Waals surface area (Å²) < 4.78 is 6.07. The summed E-state index contributed by atoms with van der Waals surface area (Å²) in [5, 5.41) is 3.48. The summed E-state index contributed by atoms with van der Waals surface area (Å²) in [7, 11) is 0. The maximum absolute atomic E-state index is 13.2. The Morgan fingerprint density at radius 2 is 1.89 bits per heavy atom. The Balaban J connectivity index is 1.73. The molecule has 142 valence electrons. The summed E-state index contributed by atoms with van der Waals surface area (Å²) in [6.07, 6.45) is 0. The second kappa shape index (κ2) is 6.60. The molecular weight excluding hydrogens is 424 g/mol. The van der Waals surface area contributed by atoms with Gasteiger partial charge in [-0.25, -0.2) is 9.59 Å². The number of fused-ring (bicyclic) bond motifs is 1. The van der Waals surface area contributed by atoms with Crippen molar-refractivity contribution in [1.82, 2.24) is 10.2 Å². The number of halogens is 1. The predicted octanol–water partition coefficient (Wildman–Crippen LogP) is 3.83. The van der Waals surface area contributed by atoms with Crippen molar-refractivity contribution in [3.63, 3.8) is 0 Å². The number of amides is 3. The van der Waals surface area contributed by atoms with Crippen molar-refractivity contribution < 1.29 is 14.0 Å². The van der Waals surface area contributed by atoms with E-state index >= 15 is 0 Å². The van der Waals surface area contributed by atoms with Crippen LogP contribution in [0, 0.1) is 6.92 Å². The maximum Gasteiger partial charge on any atom is 0.336 e. The van der Waals surface area contributed by atoms with Crippen LogP contribution < -0.4 is 10.9 Å². The Hall–Kier alpha value is -2.93. The standard InChI is InChI=1S/C21H17BrN2O4/c1-12-6-7-16-13(9-18(25)28-17(16)8-12)11-24-19(26)21(2,23-20(24)27)14-4-3-5-15(22)10-14/h3-10H,11H2,1-2H3,(H,23,27)/t21-/m0/s1. The van der Waals surface area contributed by atoms with Crippen LogP contribution in [0.5, 0.6) is 0 Å². The van der Waals surface area contributed by atoms with E-state index in [1.165, 1.54) is 6.07 Å². The van der Waals surface area contributed by atoms with Crippen LogP contribution in [0.25, 0.3) is 11.0 Å². The Labute approximate surface area is 169 Å². The van der Waals surface area contributed by atoms with Gasteiger partial charge in [0.2, 0.25) is 0 Å². The Morgan fingerprint density at radius 1 is 1.11 bits per heavy atom. The molecule has 1 atom stereocenters. The Morgan fingerprint density at radius 3 is 2.64 bits per heavy atom. The second-order valence-corrected chi connectivity index (χ2v) is 7.96. The number of carbonyl (C=O) groups excluding carboxylic acids is 2. The second-order valence-electron chi connectivity index (χ2n) is 7.05. The third-order valence-electron chi connectivity index (χ3n) is 4.99. The fourth-order valence-electron chi connectivity index (χ4n) is 3.47. The molecule has 1 aliphatic heterocycles. The van der Waals surface area contributed by atoms with Crippen molar-refractivity contribution in [2.45, 2.75) is 25.9 Å². The minimum Gasteiger partial charge on any atom is -0.423 e. The van der Waals surface area contributed by atoms with E-state index in [1.807, 2.05) is 31.2 Å². The van der Waals surface area contributed by atoms with Crippen LogP contribution in [-0.4, -0.2) is 16.8 Å². The first-order valence-electron chi connectivity index (χ1n) is 8.71. The normalized spacial score (nSPS) is 19.3. The van der Waals surface area contributed by atoms with E-state index in [0.717, 1.165) is 14.9 Å². The highest BCUT2D eigenvalue weighted by Gasteiger charge is 2.49. The number of aryl methyl sites for hydroxylation is 1. The molecule has 3 amide bonds. The van der Waals surface area contributed by atoms with Crippen LogP contribution in [-0.2, 0) is 16.9 Å². The molecule has 3 aromatic rings. The molecule has 7 heteroatoms. The Bertz CT molecular complexity index is 1190. The van der Waals surface area contributed by atoms with Gasteiger partial charge in [-0.05, 0) is 48.7 Å². The zero-order valence-corrected chi connectivity index (χ0v) is 16.9. The molecule has 1 aliphatic rings. The molecule has 0 radical (unpaired) electrons. The van der Waals surface area contributed by atoms with Gasteiger partial charge in [-0.1, -0.05) is 40.2 Å². The summed E-state index contributed by atoms with van der Waals surface area (Å²) >= 11 is 3.40. The number of nitrogens with zero attached hydrogens (tertiary/aromatic N) is 1. The van der Waals surface area contributed by atoms with Crippen molar-refractivity contribution in [3.8, 4) is 0 Å². The average molecular weight is 441 g/mol. The van der Waals surface area contributed by atoms with Gasteiger partial charge in [-0.15, -0.1) is 0 Å². The van der Waals surface area contributed by atoms with E-state index in [0.29, 0.717) is 22.1 Å². The fourth-order valence-corrected chi connectivity index (χ4v) is 3.87. The zero-order valence-electron chi connectivity index (χ0n) is 15.3. The quantitative estimate of drug-likeness (QED) is 0.495. The van der Waals surface area contributed by atoms with Crippen LogP contribution in [0.1, 0.15) is 23.6 Å². The number of hydrogen-bond donors (Lipinski definition) is 1. The molecule has 28 heavy (non-hydrogen) atoms. The topological polar surface area (TPSA) is 79.6 Å². The van der Waals surface area contributed by atoms with Gasteiger partial charge in [0.15, 0.2) is 0 Å². The number of imide groups is 1. The third kappa shape index (κ3) is 3.01. The molecule has 1 aromatic heterocycles. The van der Waals surface area contributed by atoms with E-state index in [1.54, 1.807) is 25.1 Å². The molecule has 0 saturated carbocycles. The van der Waals surface area contributed by atoms with Crippen molar-refractivity contribution in [2.24, 2.45) is 0 Å². The molecule has 6 nitrogen and oxygen atoms in total. The van der Waals surface area contributed by atoms with Crippen LogP contribution in [0.15, 0.2) is 62.2 Å². The first-order chi connectivity index (χ1) is 13.3. The van der Waals surface area contributed by atoms with Gasteiger partial charge in [0.1, 0.15) is 11.1 Å². The molecule has 1 saturated heterocycles. The van der Waals surface area contributed by atoms with Crippen molar-refractivity contribution in [1.29, 1.82) is 0 Å². The summed E-state index contributed by atoms with van der Waals surface area (Å²) in [6.45, 7) is 3.56. The molecule has 0 unspecified atom stereocenters. The van der Waals surface area contributed by atoms with Crippen molar-refractivity contribution in [3.05, 3.63) is 80.1 Å². The van der Waals surface area contributed by atoms with Crippen LogP contribution in [0.2, 0.25) is 0 Å². The first kappa shape index (κ1) is 18.4. The lowest BCUT2D eigenvalue weighted by atomic mass is 9.92. The van der Waals surface area contributed by atoms with E-state index in [-0.39, 0.29) is 12.5 Å². The van der Waals surface area contributed by atoms with Crippen LogP contribution in [0.3, 0.4) is 0 Å². The third-order valence-corrected chi connectivity index (χ3v) is 5.48. The highest BCUT2D eigenvalue weighted by Crippen LogP contribution is 2.32. The average Bonchev–Trinajstić information content (AvgIpc) is 2.85. The lowest BCUT2D eigenvalue weighted by Crippen LogP contribution is -2.40. The fraction of sp³-hybridized carbons (Fsp3) is 0.190. The van der Waals surface area contributed by atoms with Gasteiger partial charge < -0.3 is 9.73 Å². The summed E-state index contributed by atoms with van der Waals surface area (Å²) in [4.78, 5) is 38.9. The molecular formula is C21H17BrN2O4. The predicted molar refractivity (Wildman–Crippen MR) is 108 cm³/mol. The molecule has 2 aromatic carbocycles. The molecule has 2 heterocycles. The van der Waals surface area contributed by atoms with Gasteiger partial charge >= 0.3 is 11.7 Å². The van der Waals surface area contributed by atoms with E-state index in [9.17, 15) is 14.4 Å². The van der Waals surface area contributed by atoms with Gasteiger partial charge in [0.05, 0.1) is 6.54 Å². The summed E-state index contributed by atoms with van der Waals surface area (Å²) in [6, 6.07) is 13.6. The van der Waals surface area contributed by atoms with Gasteiger partial charge in [0, 0.05) is 15.9 Å². The molecule has 1 N–H and O–H groups in total. The largest absolute Gasteiger partial charge is 0.423 e. The number of rotatable bonds is 3. The first-order valence-corrected chi connectivity index (χ1v) is 9.51. The number of hydrogen-bond acceptors (Lipinski definition) is 4. The SMILES string of the molecule is Cc1ccc2c(CN3C(=O)N[C@@](C)(c4cccc(Br)c4)C3=O)cc(=O)oc2c1. The van der Waals surface area contributed by atoms with E-state index in [2.05, 4.69) is 21.2 Å². The highest BCUT2D eigenvalue weighted by atomic mass is 79.9. The molecule has 0 spiro atoms.